The fourth-order valence-electron chi connectivity index (χ4n) is 1.27. The van der Waals surface area contributed by atoms with Crippen molar-refractivity contribution in [2.24, 2.45) is 5.92 Å². The first-order valence-electron chi connectivity index (χ1n) is 5.63. The van der Waals surface area contributed by atoms with E-state index in [0.29, 0.717) is 18.7 Å². The van der Waals surface area contributed by atoms with E-state index in [2.05, 4.69) is 49.2 Å². The molecule has 0 spiro atoms. The maximum atomic E-state index is 11.6. The van der Waals surface area contributed by atoms with Crippen LogP contribution in [0.25, 0.3) is 0 Å². The standard InChI is InChI=1S/C12H14BrIN2O3/c1-7(11(17)18)4-5-15-12(19)16-8-2-3-9(13)10(14)6-8/h2-3,6-7H,4-5H2,1H3,(H,17,18)(H2,15,16,19). The average molecular weight is 441 g/mol. The molecule has 0 radical (unpaired) electrons. The number of nitrogens with one attached hydrogen (secondary N) is 2. The topological polar surface area (TPSA) is 78.4 Å². The summed E-state index contributed by atoms with van der Waals surface area (Å²) in [6, 6.07) is 5.13. The van der Waals surface area contributed by atoms with Crippen molar-refractivity contribution in [2.45, 2.75) is 13.3 Å². The molecular formula is C12H14BrIN2O3. The van der Waals surface area contributed by atoms with Crippen molar-refractivity contribution in [2.75, 3.05) is 11.9 Å². The largest absolute Gasteiger partial charge is 0.481 e. The fraction of sp³-hybridized carbons (Fsp3) is 0.333. The third-order valence-corrected chi connectivity index (χ3v) is 4.79. The number of aliphatic carboxylic acids is 1. The molecule has 0 bridgehead atoms. The number of hydrogen-bond acceptors (Lipinski definition) is 2. The fourth-order valence-corrected chi connectivity index (χ4v) is 2.04. The molecule has 7 heteroatoms. The van der Waals surface area contributed by atoms with E-state index >= 15 is 0 Å². The molecule has 3 N–H and O–H groups in total. The van der Waals surface area contributed by atoms with Gasteiger partial charge in [-0.15, -0.1) is 0 Å². The number of amides is 2. The second-order valence-electron chi connectivity index (χ2n) is 4.04. The molecule has 5 nitrogen and oxygen atoms in total. The molecule has 2 amide bonds. The summed E-state index contributed by atoms with van der Waals surface area (Å²) in [5.41, 5.74) is 0.691. The molecule has 0 aromatic heterocycles. The first-order chi connectivity index (χ1) is 8.90. The number of carbonyl (C=O) groups is 2. The highest BCUT2D eigenvalue weighted by molar-refractivity contribution is 14.1. The van der Waals surface area contributed by atoms with Crippen molar-refractivity contribution in [3.05, 3.63) is 26.2 Å². The van der Waals surface area contributed by atoms with Gasteiger partial charge in [-0.25, -0.2) is 4.79 Å². The molecule has 1 aromatic rings. The van der Waals surface area contributed by atoms with Crippen LogP contribution in [0, 0.1) is 9.49 Å². The molecule has 1 unspecified atom stereocenters. The Balaban J connectivity index is 2.39. The zero-order valence-corrected chi connectivity index (χ0v) is 14.0. The molecule has 0 saturated heterocycles. The second-order valence-corrected chi connectivity index (χ2v) is 6.05. The van der Waals surface area contributed by atoms with E-state index in [1.807, 2.05) is 12.1 Å². The van der Waals surface area contributed by atoms with E-state index in [9.17, 15) is 9.59 Å². The summed E-state index contributed by atoms with van der Waals surface area (Å²) < 4.78 is 1.96. The summed E-state index contributed by atoms with van der Waals surface area (Å²) in [7, 11) is 0. The highest BCUT2D eigenvalue weighted by Crippen LogP contribution is 2.22. The average Bonchev–Trinajstić information content (AvgIpc) is 2.33. The third-order valence-electron chi connectivity index (χ3n) is 2.46. The number of halogens is 2. The van der Waals surface area contributed by atoms with Crippen molar-refractivity contribution >= 4 is 56.2 Å². The SMILES string of the molecule is CC(CCNC(=O)Nc1ccc(Br)c(I)c1)C(=O)O. The molecule has 0 aliphatic heterocycles. The lowest BCUT2D eigenvalue weighted by Crippen LogP contribution is -2.31. The maximum absolute atomic E-state index is 11.6. The van der Waals surface area contributed by atoms with Gasteiger partial charge in [-0.3, -0.25) is 4.79 Å². The molecule has 0 aliphatic carbocycles. The van der Waals surface area contributed by atoms with Crippen LogP contribution in [-0.2, 0) is 4.79 Å². The Kier molecular flexibility index (Phi) is 6.56. The van der Waals surface area contributed by atoms with Gasteiger partial charge in [0.1, 0.15) is 0 Å². The minimum absolute atomic E-state index is 0.326. The van der Waals surface area contributed by atoms with E-state index in [0.717, 1.165) is 8.04 Å². The maximum Gasteiger partial charge on any atom is 0.319 e. The lowest BCUT2D eigenvalue weighted by atomic mass is 10.1. The highest BCUT2D eigenvalue weighted by Gasteiger charge is 2.11. The summed E-state index contributed by atoms with van der Waals surface area (Å²) in [4.78, 5) is 22.2. The van der Waals surface area contributed by atoms with Gasteiger partial charge < -0.3 is 15.7 Å². The molecule has 1 aromatic carbocycles. The summed E-state index contributed by atoms with van der Waals surface area (Å²) in [5.74, 6) is -1.32. The molecule has 1 rings (SSSR count). The van der Waals surface area contributed by atoms with Crippen LogP contribution in [0.2, 0.25) is 0 Å². The Bertz CT molecular complexity index is 482. The van der Waals surface area contributed by atoms with E-state index in [4.69, 9.17) is 5.11 Å². The highest BCUT2D eigenvalue weighted by atomic mass is 127. The van der Waals surface area contributed by atoms with Crippen LogP contribution < -0.4 is 10.6 Å². The number of rotatable bonds is 5. The smallest absolute Gasteiger partial charge is 0.319 e. The number of carboxylic acid groups (broad SMARTS) is 1. The Morgan fingerprint density at radius 3 is 2.74 bits per heavy atom. The Hall–Kier alpha value is -0.830. The van der Waals surface area contributed by atoms with Crippen LogP contribution in [0.15, 0.2) is 22.7 Å². The van der Waals surface area contributed by atoms with Gasteiger partial charge in [0.25, 0.3) is 0 Å². The van der Waals surface area contributed by atoms with Gasteiger partial charge in [0, 0.05) is 20.3 Å². The Morgan fingerprint density at radius 1 is 1.47 bits per heavy atom. The van der Waals surface area contributed by atoms with Crippen molar-refractivity contribution in [3.8, 4) is 0 Å². The number of anilines is 1. The molecule has 0 saturated carbocycles. The van der Waals surface area contributed by atoms with Gasteiger partial charge in [-0.05, 0) is 63.1 Å². The zero-order chi connectivity index (χ0) is 14.4. The van der Waals surface area contributed by atoms with Crippen LogP contribution in [-0.4, -0.2) is 23.7 Å². The molecule has 0 heterocycles. The Morgan fingerprint density at radius 2 is 2.16 bits per heavy atom. The summed E-state index contributed by atoms with van der Waals surface area (Å²) in [6.45, 7) is 1.94. The predicted octanol–water partition coefficient (Wildman–Crippen LogP) is 3.29. The van der Waals surface area contributed by atoms with E-state index < -0.39 is 11.9 Å². The third kappa shape index (κ3) is 5.77. The van der Waals surface area contributed by atoms with Crippen molar-refractivity contribution < 1.29 is 14.7 Å². The first-order valence-corrected chi connectivity index (χ1v) is 7.50. The van der Waals surface area contributed by atoms with Crippen LogP contribution in [0.1, 0.15) is 13.3 Å². The van der Waals surface area contributed by atoms with Crippen LogP contribution in [0.3, 0.4) is 0 Å². The quantitative estimate of drug-likeness (QED) is 0.614. The summed E-state index contributed by atoms with van der Waals surface area (Å²) in [5, 5.41) is 14.0. The molecule has 0 aliphatic rings. The van der Waals surface area contributed by atoms with Crippen LogP contribution in [0.5, 0.6) is 0 Å². The minimum Gasteiger partial charge on any atom is -0.481 e. The number of benzene rings is 1. The number of carboxylic acids is 1. The van der Waals surface area contributed by atoms with Crippen molar-refractivity contribution in [3.63, 3.8) is 0 Å². The Labute approximate surface area is 133 Å². The number of urea groups is 1. The second kappa shape index (κ2) is 7.68. The molecule has 0 fully saturated rings. The van der Waals surface area contributed by atoms with Gasteiger partial charge in [0.05, 0.1) is 5.92 Å². The zero-order valence-electron chi connectivity index (χ0n) is 10.2. The van der Waals surface area contributed by atoms with E-state index in [-0.39, 0.29) is 6.03 Å². The molecule has 1 atom stereocenters. The van der Waals surface area contributed by atoms with Crippen LogP contribution in [0.4, 0.5) is 10.5 Å². The van der Waals surface area contributed by atoms with Gasteiger partial charge in [0.2, 0.25) is 0 Å². The molecular weight excluding hydrogens is 427 g/mol. The van der Waals surface area contributed by atoms with Gasteiger partial charge in [-0.2, -0.15) is 0 Å². The number of carbonyl (C=O) groups excluding carboxylic acids is 1. The van der Waals surface area contributed by atoms with E-state index in [1.54, 1.807) is 13.0 Å². The molecule has 19 heavy (non-hydrogen) atoms. The van der Waals surface area contributed by atoms with Crippen molar-refractivity contribution in [1.82, 2.24) is 5.32 Å². The van der Waals surface area contributed by atoms with Crippen molar-refractivity contribution in [1.29, 1.82) is 0 Å². The van der Waals surface area contributed by atoms with Gasteiger partial charge >= 0.3 is 12.0 Å². The monoisotopic (exact) mass is 440 g/mol. The number of hydrogen-bond donors (Lipinski definition) is 3. The lowest BCUT2D eigenvalue weighted by Gasteiger charge is -2.10. The molecule has 104 valence electrons. The van der Waals surface area contributed by atoms with Gasteiger partial charge in [0.15, 0.2) is 0 Å². The van der Waals surface area contributed by atoms with Crippen LogP contribution >= 0.6 is 38.5 Å². The predicted molar refractivity (Wildman–Crippen MR) is 85.3 cm³/mol. The summed E-state index contributed by atoms with van der Waals surface area (Å²) >= 11 is 5.53. The van der Waals surface area contributed by atoms with E-state index in [1.165, 1.54) is 0 Å². The lowest BCUT2D eigenvalue weighted by molar-refractivity contribution is -0.141. The first kappa shape index (κ1) is 16.2. The summed E-state index contributed by atoms with van der Waals surface area (Å²) in [6.07, 6.45) is 0.403. The minimum atomic E-state index is -0.857. The van der Waals surface area contributed by atoms with Gasteiger partial charge in [-0.1, -0.05) is 6.92 Å². The normalized spacial score (nSPS) is 11.7.